The molecule has 2 aliphatic heterocycles. The topological polar surface area (TPSA) is 90.3 Å². The van der Waals surface area contributed by atoms with Crippen molar-refractivity contribution in [3.05, 3.63) is 0 Å². The predicted octanol–water partition coefficient (Wildman–Crippen LogP) is -0.261. The summed E-state index contributed by atoms with van der Waals surface area (Å²) >= 11 is 0. The number of hydrogen-bond acceptors (Lipinski definition) is 4. The van der Waals surface area contributed by atoms with Crippen LogP contribution >= 0.6 is 0 Å². The maximum Gasteiger partial charge on any atom is 0.329 e. The van der Waals surface area contributed by atoms with Crippen LogP contribution in [0.25, 0.3) is 0 Å². The Morgan fingerprint density at radius 3 is 2.37 bits per heavy atom. The zero-order valence-electron chi connectivity index (χ0n) is 11.0. The molecule has 0 spiro atoms. The van der Waals surface area contributed by atoms with Crippen LogP contribution in [0.3, 0.4) is 0 Å². The fourth-order valence-electron chi connectivity index (χ4n) is 2.48. The molecule has 19 heavy (non-hydrogen) atoms. The molecule has 0 aromatic rings. The van der Waals surface area contributed by atoms with Crippen LogP contribution in [0.2, 0.25) is 0 Å². The number of aliphatic hydroxyl groups is 1. The Kier molecular flexibility index (Phi) is 3.96. The van der Waals surface area contributed by atoms with Gasteiger partial charge >= 0.3 is 12.0 Å². The van der Waals surface area contributed by atoms with Crippen LogP contribution in [0, 0.1) is 0 Å². The highest BCUT2D eigenvalue weighted by Crippen LogP contribution is 2.26. The molecular weight excluding hydrogens is 252 g/mol. The Morgan fingerprint density at radius 2 is 1.84 bits per heavy atom. The van der Waals surface area contributed by atoms with Gasteiger partial charge in [-0.25, -0.2) is 9.59 Å². The average molecular weight is 272 g/mol. The fourth-order valence-corrected chi connectivity index (χ4v) is 2.48. The smallest absolute Gasteiger partial charge is 0.329 e. The molecule has 2 aliphatic rings. The summed E-state index contributed by atoms with van der Waals surface area (Å²) in [5.41, 5.74) is -0.552. The molecule has 2 fully saturated rings. The number of carboxylic acid groups (broad SMARTS) is 1. The standard InChI is InChI=1S/C12H20N2O5/c1-12(19-6-10(16)17)7-14(8-12)11(18)13-4-2-9(15)3-5-13/h9,15H,2-8H2,1H3,(H,16,17). The summed E-state index contributed by atoms with van der Waals surface area (Å²) in [5, 5.41) is 18.0. The molecule has 0 atom stereocenters. The Labute approximate surface area is 111 Å². The van der Waals surface area contributed by atoms with Crippen molar-refractivity contribution < 1.29 is 24.5 Å². The van der Waals surface area contributed by atoms with Gasteiger partial charge in [0.15, 0.2) is 0 Å². The summed E-state index contributed by atoms with van der Waals surface area (Å²) in [4.78, 5) is 25.9. The second-order valence-electron chi connectivity index (χ2n) is 5.49. The maximum absolute atomic E-state index is 12.1. The molecule has 0 aliphatic carbocycles. The number of piperidine rings is 1. The van der Waals surface area contributed by atoms with E-state index in [-0.39, 0.29) is 18.7 Å². The van der Waals surface area contributed by atoms with E-state index in [1.165, 1.54) is 0 Å². The minimum Gasteiger partial charge on any atom is -0.480 e. The van der Waals surface area contributed by atoms with Crippen molar-refractivity contribution in [2.24, 2.45) is 0 Å². The second kappa shape index (κ2) is 5.34. The average Bonchev–Trinajstić information content (AvgIpc) is 2.33. The molecule has 0 radical (unpaired) electrons. The number of rotatable bonds is 3. The summed E-state index contributed by atoms with van der Waals surface area (Å²) in [6.07, 6.45) is 0.934. The SMILES string of the molecule is CC1(OCC(=O)O)CN(C(=O)N2CCC(O)CC2)C1. The Morgan fingerprint density at radius 1 is 1.26 bits per heavy atom. The molecule has 0 aromatic carbocycles. The second-order valence-corrected chi connectivity index (χ2v) is 5.49. The van der Waals surface area contributed by atoms with Gasteiger partial charge < -0.3 is 24.7 Å². The highest BCUT2D eigenvalue weighted by atomic mass is 16.5. The van der Waals surface area contributed by atoms with E-state index in [0.29, 0.717) is 39.0 Å². The normalized spacial score (nSPS) is 23.1. The minimum atomic E-state index is -1.00. The molecule has 0 aromatic heterocycles. The van der Waals surface area contributed by atoms with Gasteiger partial charge in [0.2, 0.25) is 0 Å². The third-order valence-corrected chi connectivity index (χ3v) is 3.60. The molecule has 2 rings (SSSR count). The first-order valence-corrected chi connectivity index (χ1v) is 6.47. The number of amides is 2. The molecule has 108 valence electrons. The van der Waals surface area contributed by atoms with E-state index < -0.39 is 11.6 Å². The van der Waals surface area contributed by atoms with Gasteiger partial charge in [0.25, 0.3) is 0 Å². The van der Waals surface area contributed by atoms with E-state index in [2.05, 4.69) is 0 Å². The molecule has 2 amide bonds. The maximum atomic E-state index is 12.1. The Balaban J connectivity index is 1.76. The highest BCUT2D eigenvalue weighted by molar-refractivity contribution is 5.76. The van der Waals surface area contributed by atoms with Crippen molar-refractivity contribution in [2.75, 3.05) is 32.8 Å². The number of nitrogens with zero attached hydrogens (tertiary/aromatic N) is 2. The molecule has 2 saturated heterocycles. The zero-order valence-corrected chi connectivity index (χ0v) is 11.0. The van der Waals surface area contributed by atoms with Crippen LogP contribution in [0.1, 0.15) is 19.8 Å². The summed E-state index contributed by atoms with van der Waals surface area (Å²) in [6.45, 7) is 3.44. The van der Waals surface area contributed by atoms with Crippen molar-refractivity contribution in [3.8, 4) is 0 Å². The highest BCUT2D eigenvalue weighted by Gasteiger charge is 2.44. The van der Waals surface area contributed by atoms with Crippen LogP contribution in [0.5, 0.6) is 0 Å². The van der Waals surface area contributed by atoms with E-state index in [9.17, 15) is 14.7 Å². The zero-order chi connectivity index (χ0) is 14.0. The number of carboxylic acids is 1. The fraction of sp³-hybridized carbons (Fsp3) is 0.833. The molecule has 0 bridgehead atoms. The molecule has 7 heteroatoms. The predicted molar refractivity (Wildman–Crippen MR) is 65.8 cm³/mol. The van der Waals surface area contributed by atoms with Gasteiger partial charge in [0.05, 0.1) is 19.2 Å². The van der Waals surface area contributed by atoms with E-state index in [1.807, 2.05) is 0 Å². The molecule has 2 N–H and O–H groups in total. The lowest BCUT2D eigenvalue weighted by Gasteiger charge is -2.49. The van der Waals surface area contributed by atoms with Crippen LogP contribution in [-0.4, -0.2) is 76.5 Å². The van der Waals surface area contributed by atoms with Crippen molar-refractivity contribution in [1.29, 1.82) is 0 Å². The summed E-state index contributed by atoms with van der Waals surface area (Å²) in [7, 11) is 0. The van der Waals surface area contributed by atoms with Gasteiger partial charge in [-0.2, -0.15) is 0 Å². The number of carbonyl (C=O) groups excluding carboxylic acids is 1. The molecule has 0 unspecified atom stereocenters. The molecular formula is C12H20N2O5. The van der Waals surface area contributed by atoms with Gasteiger partial charge in [0, 0.05) is 13.1 Å². The first-order valence-electron chi connectivity index (χ1n) is 6.47. The number of likely N-dealkylation sites (tertiary alicyclic amines) is 2. The van der Waals surface area contributed by atoms with Gasteiger partial charge in [-0.3, -0.25) is 0 Å². The monoisotopic (exact) mass is 272 g/mol. The Bertz CT molecular complexity index is 359. The van der Waals surface area contributed by atoms with Gasteiger partial charge in [-0.1, -0.05) is 0 Å². The molecule has 7 nitrogen and oxygen atoms in total. The van der Waals surface area contributed by atoms with E-state index in [0.717, 1.165) is 0 Å². The van der Waals surface area contributed by atoms with E-state index >= 15 is 0 Å². The quantitative estimate of drug-likeness (QED) is 0.738. The lowest BCUT2D eigenvalue weighted by Crippen LogP contribution is -2.66. The van der Waals surface area contributed by atoms with Crippen molar-refractivity contribution in [2.45, 2.75) is 31.5 Å². The molecule has 0 saturated carbocycles. The number of carbonyl (C=O) groups is 2. The van der Waals surface area contributed by atoms with Gasteiger partial charge in [0.1, 0.15) is 12.2 Å². The first-order chi connectivity index (χ1) is 8.89. The summed E-state index contributed by atoms with van der Waals surface area (Å²) in [5.74, 6) is -1.00. The number of urea groups is 1. The number of ether oxygens (including phenoxy) is 1. The lowest BCUT2D eigenvalue weighted by molar-refractivity contribution is -0.160. The van der Waals surface area contributed by atoms with Gasteiger partial charge in [-0.15, -0.1) is 0 Å². The Hall–Kier alpha value is -1.34. The van der Waals surface area contributed by atoms with Crippen LogP contribution in [0.4, 0.5) is 4.79 Å². The first kappa shape index (κ1) is 14.1. The number of aliphatic carboxylic acids is 1. The minimum absolute atomic E-state index is 0.0525. The van der Waals surface area contributed by atoms with E-state index in [1.54, 1.807) is 16.7 Å². The van der Waals surface area contributed by atoms with Crippen molar-refractivity contribution >= 4 is 12.0 Å². The van der Waals surface area contributed by atoms with Crippen LogP contribution < -0.4 is 0 Å². The van der Waals surface area contributed by atoms with Gasteiger partial charge in [-0.05, 0) is 19.8 Å². The van der Waals surface area contributed by atoms with E-state index in [4.69, 9.17) is 9.84 Å². The van der Waals surface area contributed by atoms with Crippen LogP contribution in [0.15, 0.2) is 0 Å². The van der Waals surface area contributed by atoms with Crippen molar-refractivity contribution in [3.63, 3.8) is 0 Å². The van der Waals surface area contributed by atoms with Crippen molar-refractivity contribution in [1.82, 2.24) is 9.80 Å². The molecule has 2 heterocycles. The third-order valence-electron chi connectivity index (χ3n) is 3.60. The summed E-state index contributed by atoms with van der Waals surface area (Å²) < 4.78 is 5.26. The summed E-state index contributed by atoms with van der Waals surface area (Å²) in [6, 6.07) is -0.0525. The number of hydrogen-bond donors (Lipinski definition) is 2. The largest absolute Gasteiger partial charge is 0.480 e. The van der Waals surface area contributed by atoms with Crippen LogP contribution in [-0.2, 0) is 9.53 Å². The number of aliphatic hydroxyl groups excluding tert-OH is 1. The lowest BCUT2D eigenvalue weighted by atomic mass is 9.96. The third kappa shape index (κ3) is 3.36.